The van der Waals surface area contributed by atoms with Crippen LogP contribution in [0.4, 0.5) is 0 Å². The van der Waals surface area contributed by atoms with E-state index in [-0.39, 0.29) is 18.0 Å². The molecular formula is C23H20N2O. The molecule has 1 unspecified atom stereocenters. The number of piperazine rings is 1. The second-order valence-electron chi connectivity index (χ2n) is 6.97. The summed E-state index contributed by atoms with van der Waals surface area (Å²) in [5.41, 5.74) is 3.12. The highest BCUT2D eigenvalue weighted by atomic mass is 16.2. The third-order valence-corrected chi connectivity index (χ3v) is 5.65. The second kappa shape index (κ2) is 5.82. The van der Waals surface area contributed by atoms with Gasteiger partial charge >= 0.3 is 0 Å². The largest absolute Gasteiger partial charge is 0.353 e. The van der Waals surface area contributed by atoms with Crippen LogP contribution in [-0.2, 0) is 10.3 Å². The number of benzene rings is 3. The van der Waals surface area contributed by atoms with E-state index in [0.717, 1.165) is 6.54 Å². The molecule has 5 rings (SSSR count). The van der Waals surface area contributed by atoms with Gasteiger partial charge in [0.1, 0.15) is 6.04 Å². The number of carbonyl (C=O) groups is 1. The van der Waals surface area contributed by atoms with Gasteiger partial charge in [-0.3, -0.25) is 9.69 Å². The van der Waals surface area contributed by atoms with E-state index in [1.165, 1.54) is 16.7 Å². The molecule has 1 N–H and O–H groups in total. The molecule has 26 heavy (non-hydrogen) atoms. The maximum atomic E-state index is 12.4. The van der Waals surface area contributed by atoms with Crippen molar-refractivity contribution in [2.45, 2.75) is 17.6 Å². The van der Waals surface area contributed by atoms with Crippen LogP contribution in [0.3, 0.4) is 0 Å². The third-order valence-electron chi connectivity index (χ3n) is 5.65. The summed E-state index contributed by atoms with van der Waals surface area (Å²) < 4.78 is 0. The number of rotatable bonds is 4. The van der Waals surface area contributed by atoms with Crippen LogP contribution >= 0.6 is 0 Å². The third kappa shape index (κ3) is 2.07. The van der Waals surface area contributed by atoms with Crippen molar-refractivity contribution in [2.75, 3.05) is 6.54 Å². The summed E-state index contributed by atoms with van der Waals surface area (Å²) >= 11 is 0. The summed E-state index contributed by atoms with van der Waals surface area (Å²) in [6.07, 6.45) is 0. The summed E-state index contributed by atoms with van der Waals surface area (Å²) in [7, 11) is 0. The number of carbonyl (C=O) groups excluding carboxylic acids is 1. The van der Waals surface area contributed by atoms with E-state index >= 15 is 0 Å². The fourth-order valence-corrected chi connectivity index (χ4v) is 4.54. The molecule has 3 atom stereocenters. The van der Waals surface area contributed by atoms with Gasteiger partial charge in [0.2, 0.25) is 5.91 Å². The monoisotopic (exact) mass is 340 g/mol. The van der Waals surface area contributed by atoms with Gasteiger partial charge < -0.3 is 5.32 Å². The van der Waals surface area contributed by atoms with Crippen molar-refractivity contribution >= 4 is 5.91 Å². The Hall–Kier alpha value is -2.91. The van der Waals surface area contributed by atoms with Crippen molar-refractivity contribution < 1.29 is 4.79 Å². The number of nitrogens with one attached hydrogen (secondary N) is 1. The molecule has 3 aromatic rings. The number of amides is 1. The molecule has 2 fully saturated rings. The van der Waals surface area contributed by atoms with E-state index in [9.17, 15) is 4.79 Å². The van der Waals surface area contributed by atoms with Crippen LogP contribution in [0.2, 0.25) is 0 Å². The SMILES string of the molecule is O=C1NC[C@H]2[C@@H]1N2C(c1ccccc1)(c1ccccc1)c1ccccc1. The van der Waals surface area contributed by atoms with E-state index in [1.54, 1.807) is 0 Å². The van der Waals surface area contributed by atoms with Gasteiger partial charge in [-0.25, -0.2) is 0 Å². The molecule has 3 heteroatoms. The predicted molar refractivity (Wildman–Crippen MR) is 102 cm³/mol. The van der Waals surface area contributed by atoms with Gasteiger partial charge in [0, 0.05) is 6.54 Å². The van der Waals surface area contributed by atoms with Crippen molar-refractivity contribution in [1.29, 1.82) is 0 Å². The Morgan fingerprint density at radius 1 is 0.731 bits per heavy atom. The minimum atomic E-state index is -0.461. The van der Waals surface area contributed by atoms with Gasteiger partial charge in [0.25, 0.3) is 0 Å². The maximum Gasteiger partial charge on any atom is 0.239 e. The van der Waals surface area contributed by atoms with E-state index in [4.69, 9.17) is 0 Å². The Morgan fingerprint density at radius 2 is 1.15 bits per heavy atom. The van der Waals surface area contributed by atoms with Crippen molar-refractivity contribution in [2.24, 2.45) is 0 Å². The molecule has 0 spiro atoms. The zero-order valence-electron chi connectivity index (χ0n) is 14.4. The quantitative estimate of drug-likeness (QED) is 0.584. The smallest absolute Gasteiger partial charge is 0.239 e. The fourth-order valence-electron chi connectivity index (χ4n) is 4.54. The molecule has 0 saturated carbocycles. The first-order valence-corrected chi connectivity index (χ1v) is 9.06. The Bertz CT molecular complexity index is 828. The number of hydrogen-bond donors (Lipinski definition) is 1. The average molecular weight is 340 g/mol. The molecule has 3 nitrogen and oxygen atoms in total. The van der Waals surface area contributed by atoms with Crippen molar-refractivity contribution in [3.63, 3.8) is 0 Å². The lowest BCUT2D eigenvalue weighted by Crippen LogP contribution is -2.44. The molecule has 3 aromatic carbocycles. The molecule has 2 saturated heterocycles. The number of hydrogen-bond acceptors (Lipinski definition) is 2. The van der Waals surface area contributed by atoms with E-state index < -0.39 is 5.54 Å². The van der Waals surface area contributed by atoms with Gasteiger partial charge in [-0.2, -0.15) is 0 Å². The van der Waals surface area contributed by atoms with E-state index in [2.05, 4.69) is 83.0 Å². The molecule has 128 valence electrons. The number of nitrogens with zero attached hydrogens (tertiary/aromatic N) is 1. The van der Waals surface area contributed by atoms with Crippen LogP contribution in [0, 0.1) is 0 Å². The Morgan fingerprint density at radius 3 is 1.50 bits per heavy atom. The van der Waals surface area contributed by atoms with Gasteiger partial charge in [-0.05, 0) is 16.7 Å². The minimum absolute atomic E-state index is 0.0596. The van der Waals surface area contributed by atoms with E-state index in [0.29, 0.717) is 0 Å². The summed E-state index contributed by atoms with van der Waals surface area (Å²) in [4.78, 5) is 14.8. The molecule has 0 bridgehead atoms. The number of fused-ring (bicyclic) bond motifs is 1. The van der Waals surface area contributed by atoms with Crippen molar-refractivity contribution in [3.05, 3.63) is 108 Å². The van der Waals surface area contributed by atoms with Crippen molar-refractivity contribution in [3.8, 4) is 0 Å². The second-order valence-corrected chi connectivity index (χ2v) is 6.97. The minimum Gasteiger partial charge on any atom is -0.353 e. The standard InChI is InChI=1S/C23H20N2O/c26-22-21-20(16-24-22)25(21)23(17-10-4-1-5-11-17,18-12-6-2-7-13-18)19-14-8-3-9-15-19/h1-15,20-21H,16H2,(H,24,26)/t20-,21-,25?/m0/s1. The normalized spacial score (nSPS) is 24.0. The van der Waals surface area contributed by atoms with Gasteiger partial charge in [-0.1, -0.05) is 91.0 Å². The highest BCUT2D eigenvalue weighted by molar-refractivity contribution is 5.89. The first-order chi connectivity index (χ1) is 12.8. The lowest BCUT2D eigenvalue weighted by atomic mass is 9.76. The molecule has 0 radical (unpaired) electrons. The van der Waals surface area contributed by atoms with Gasteiger partial charge in [0.15, 0.2) is 0 Å². The Kier molecular flexibility index (Phi) is 3.44. The van der Waals surface area contributed by atoms with E-state index in [1.807, 2.05) is 18.2 Å². The predicted octanol–water partition coefficient (Wildman–Crippen LogP) is 3.16. The summed E-state index contributed by atoms with van der Waals surface area (Å²) in [6, 6.07) is 31.8. The molecule has 2 aliphatic rings. The highest BCUT2D eigenvalue weighted by Crippen LogP contribution is 2.52. The lowest BCUT2D eigenvalue weighted by molar-refractivity contribution is -0.120. The summed E-state index contributed by atoms with van der Waals surface area (Å²) in [5.74, 6) is 0.141. The molecule has 0 aliphatic carbocycles. The maximum absolute atomic E-state index is 12.4. The van der Waals surface area contributed by atoms with Gasteiger partial charge in [0.05, 0.1) is 11.6 Å². The van der Waals surface area contributed by atoms with Crippen LogP contribution in [-0.4, -0.2) is 29.4 Å². The zero-order valence-corrected chi connectivity index (χ0v) is 14.4. The lowest BCUT2D eigenvalue weighted by Gasteiger charge is -2.39. The van der Waals surface area contributed by atoms with Crippen LogP contribution < -0.4 is 5.32 Å². The molecule has 1 amide bonds. The molecule has 2 aliphatic heterocycles. The summed E-state index contributed by atoms with van der Waals surface area (Å²) in [6.45, 7) is 0.720. The molecule has 2 heterocycles. The first-order valence-electron chi connectivity index (χ1n) is 9.06. The Labute approximate surface area is 153 Å². The van der Waals surface area contributed by atoms with Crippen LogP contribution in [0.1, 0.15) is 16.7 Å². The van der Waals surface area contributed by atoms with Gasteiger partial charge in [-0.15, -0.1) is 0 Å². The molecule has 0 aromatic heterocycles. The topological polar surface area (TPSA) is 32.1 Å². The first kappa shape index (κ1) is 15.4. The fraction of sp³-hybridized carbons (Fsp3) is 0.174. The zero-order chi connectivity index (χ0) is 17.6. The van der Waals surface area contributed by atoms with Crippen LogP contribution in [0.15, 0.2) is 91.0 Å². The van der Waals surface area contributed by atoms with Crippen LogP contribution in [0.25, 0.3) is 0 Å². The van der Waals surface area contributed by atoms with Crippen molar-refractivity contribution in [1.82, 2.24) is 10.2 Å². The average Bonchev–Trinajstić information content (AvgIpc) is 3.32. The Balaban J connectivity index is 1.80. The highest BCUT2D eigenvalue weighted by Gasteiger charge is 2.65. The summed E-state index contributed by atoms with van der Waals surface area (Å²) in [5, 5.41) is 2.99. The van der Waals surface area contributed by atoms with Crippen LogP contribution in [0.5, 0.6) is 0 Å². The molecular weight excluding hydrogens is 320 g/mol.